The summed E-state index contributed by atoms with van der Waals surface area (Å²) in [6, 6.07) is -0.845. The molecule has 51 heavy (non-hydrogen) atoms. The number of allylic oxidation sites excluding steroid dienone is 8. The van der Waals surface area contributed by atoms with Gasteiger partial charge in [-0.1, -0.05) is 140 Å². The molecule has 6 nitrogen and oxygen atoms in total. The van der Waals surface area contributed by atoms with E-state index < -0.39 is 6.04 Å². The van der Waals surface area contributed by atoms with Gasteiger partial charge in [-0.25, -0.2) is 0 Å². The molecule has 0 saturated carbocycles. The zero-order chi connectivity index (χ0) is 36.9. The number of nitrogens with two attached hydrogens (primary N) is 1. The molecule has 6 heteroatoms. The predicted octanol–water partition coefficient (Wildman–Crippen LogP) is 11.0. The van der Waals surface area contributed by atoms with Crippen molar-refractivity contribution in [3.8, 4) is 0 Å². The van der Waals surface area contributed by atoms with E-state index >= 15 is 0 Å². The fraction of sp³-hybridized carbons (Fsp3) is 0.800. The Kier molecular flexibility index (Phi) is 34.0. The number of likely N-dealkylation sites (tertiary alicyclic amines) is 1. The number of aliphatic hydroxyl groups excluding tert-OH is 1. The van der Waals surface area contributed by atoms with E-state index in [-0.39, 0.29) is 24.3 Å². The van der Waals surface area contributed by atoms with E-state index in [9.17, 15) is 9.90 Å². The molecule has 0 unspecified atom stereocenters. The van der Waals surface area contributed by atoms with Gasteiger partial charge in [-0.05, 0) is 77.0 Å². The van der Waals surface area contributed by atoms with E-state index in [2.05, 4.69) is 62.5 Å². The van der Waals surface area contributed by atoms with Crippen LogP contribution in [-0.2, 0) is 14.3 Å². The standard InChI is InChI=1S/C45H82N2O4/c1-3-5-7-9-11-13-15-17-19-21-23-25-27-29-31-33-35-50-40-42-37-47(45(49)44(46)39-48)38-43(42)41-51-36-34-32-30-28-26-24-22-20-18-16-14-12-10-8-6-4-2/h11-14,17-20,42-44,48H,3-10,15-16,21-41,46H2,1-2H3/t42-,43-,44-/m0/s1. The van der Waals surface area contributed by atoms with Gasteiger partial charge in [0.2, 0.25) is 5.91 Å². The van der Waals surface area contributed by atoms with Crippen molar-refractivity contribution >= 4 is 5.91 Å². The molecule has 0 spiro atoms. The molecule has 1 aliphatic rings. The number of rotatable bonds is 36. The first-order chi connectivity index (χ1) is 25.1. The van der Waals surface area contributed by atoms with Gasteiger partial charge in [-0.15, -0.1) is 0 Å². The fourth-order valence-corrected chi connectivity index (χ4v) is 6.66. The van der Waals surface area contributed by atoms with Gasteiger partial charge < -0.3 is 25.2 Å². The molecule has 296 valence electrons. The highest BCUT2D eigenvalue weighted by molar-refractivity contribution is 5.82. The molecule has 1 amide bonds. The van der Waals surface area contributed by atoms with E-state index in [1.54, 1.807) is 0 Å². The van der Waals surface area contributed by atoms with Crippen LogP contribution in [0.4, 0.5) is 0 Å². The van der Waals surface area contributed by atoms with Crippen LogP contribution in [-0.4, -0.2) is 68.1 Å². The highest BCUT2D eigenvalue weighted by atomic mass is 16.5. The highest BCUT2D eigenvalue weighted by Crippen LogP contribution is 2.25. The number of amides is 1. The van der Waals surface area contributed by atoms with E-state index in [0.717, 1.165) is 38.9 Å². The van der Waals surface area contributed by atoms with Crippen molar-refractivity contribution in [1.82, 2.24) is 4.90 Å². The van der Waals surface area contributed by atoms with Gasteiger partial charge in [0.05, 0.1) is 19.8 Å². The number of unbranched alkanes of at least 4 members (excludes halogenated alkanes) is 18. The number of carbonyl (C=O) groups is 1. The molecule has 0 aromatic heterocycles. The Morgan fingerprint density at radius 3 is 1.31 bits per heavy atom. The van der Waals surface area contributed by atoms with Gasteiger partial charge in [0.1, 0.15) is 6.04 Å². The van der Waals surface area contributed by atoms with Gasteiger partial charge in [-0.3, -0.25) is 4.79 Å². The average molecular weight is 715 g/mol. The molecule has 3 atom stereocenters. The molecule has 0 aromatic rings. The lowest BCUT2D eigenvalue weighted by molar-refractivity contribution is -0.132. The molecule has 0 bridgehead atoms. The first-order valence-electron chi connectivity index (χ1n) is 21.5. The number of hydrogen-bond acceptors (Lipinski definition) is 5. The number of carbonyl (C=O) groups excluding carboxylic acids is 1. The van der Waals surface area contributed by atoms with Crippen molar-refractivity contribution in [3.63, 3.8) is 0 Å². The quantitative estimate of drug-likeness (QED) is 0.0498. The summed E-state index contributed by atoms with van der Waals surface area (Å²) in [6.45, 7) is 8.30. The lowest BCUT2D eigenvalue weighted by atomic mass is 9.98. The molecule has 1 saturated heterocycles. The van der Waals surface area contributed by atoms with Crippen LogP contribution in [0.1, 0.15) is 168 Å². The SMILES string of the molecule is CCCCCC=CCC=CCCCCCCCCOC[C@@H]1CN(C(=O)[C@@H](N)CO)C[C@H]1COCCCCCCCCC=CCC=CCCCCC. The van der Waals surface area contributed by atoms with Crippen LogP contribution in [0.25, 0.3) is 0 Å². The summed E-state index contributed by atoms with van der Waals surface area (Å²) in [4.78, 5) is 14.5. The molecule has 1 fully saturated rings. The Morgan fingerprint density at radius 2 is 0.941 bits per heavy atom. The summed E-state index contributed by atoms with van der Waals surface area (Å²) >= 11 is 0. The first-order valence-corrected chi connectivity index (χ1v) is 21.5. The lowest BCUT2D eigenvalue weighted by Crippen LogP contribution is -2.45. The van der Waals surface area contributed by atoms with Crippen molar-refractivity contribution in [3.05, 3.63) is 48.6 Å². The second-order valence-corrected chi connectivity index (χ2v) is 14.9. The zero-order valence-electron chi connectivity index (χ0n) is 33.5. The minimum Gasteiger partial charge on any atom is -0.394 e. The monoisotopic (exact) mass is 715 g/mol. The maximum absolute atomic E-state index is 12.7. The second-order valence-electron chi connectivity index (χ2n) is 14.9. The summed E-state index contributed by atoms with van der Waals surface area (Å²) in [6.07, 6.45) is 48.3. The van der Waals surface area contributed by atoms with Crippen LogP contribution in [0, 0.1) is 11.8 Å². The molecule has 0 aromatic carbocycles. The Labute approximate surface area is 315 Å². The molecule has 1 rings (SSSR count). The van der Waals surface area contributed by atoms with Crippen LogP contribution < -0.4 is 5.73 Å². The Morgan fingerprint density at radius 1 is 0.588 bits per heavy atom. The summed E-state index contributed by atoms with van der Waals surface area (Å²) in [5.41, 5.74) is 5.87. The molecule has 0 aliphatic carbocycles. The van der Waals surface area contributed by atoms with E-state index in [1.165, 1.54) is 128 Å². The minimum absolute atomic E-state index is 0.166. The Hall–Kier alpha value is -1.73. The summed E-state index contributed by atoms with van der Waals surface area (Å²) < 4.78 is 12.3. The van der Waals surface area contributed by atoms with Gasteiger partial charge in [-0.2, -0.15) is 0 Å². The molecule has 0 radical (unpaired) electrons. The molecule has 1 heterocycles. The normalized spacial score (nSPS) is 17.4. The summed E-state index contributed by atoms with van der Waals surface area (Å²) in [5, 5.41) is 9.41. The maximum atomic E-state index is 12.7. The van der Waals surface area contributed by atoms with E-state index in [0.29, 0.717) is 26.3 Å². The number of ether oxygens (including phenoxy) is 2. The Bertz CT molecular complexity index is 825. The minimum atomic E-state index is -0.845. The zero-order valence-corrected chi connectivity index (χ0v) is 33.5. The van der Waals surface area contributed by atoms with Gasteiger partial charge in [0.15, 0.2) is 0 Å². The molecular formula is C45H82N2O4. The van der Waals surface area contributed by atoms with Crippen LogP contribution in [0.15, 0.2) is 48.6 Å². The van der Waals surface area contributed by atoms with Crippen LogP contribution >= 0.6 is 0 Å². The average Bonchev–Trinajstić information content (AvgIpc) is 3.55. The number of hydrogen-bond donors (Lipinski definition) is 2. The summed E-state index contributed by atoms with van der Waals surface area (Å²) in [7, 11) is 0. The van der Waals surface area contributed by atoms with Crippen molar-refractivity contribution in [1.29, 1.82) is 0 Å². The Balaban J connectivity index is 2.12. The van der Waals surface area contributed by atoms with E-state index in [1.807, 2.05) is 4.90 Å². The third kappa shape index (κ3) is 28.4. The van der Waals surface area contributed by atoms with Crippen molar-refractivity contribution < 1.29 is 19.4 Å². The van der Waals surface area contributed by atoms with Crippen LogP contribution in [0.2, 0.25) is 0 Å². The maximum Gasteiger partial charge on any atom is 0.241 e. The second kappa shape index (κ2) is 36.6. The lowest BCUT2D eigenvalue weighted by Gasteiger charge is -2.19. The van der Waals surface area contributed by atoms with Gasteiger partial charge in [0.25, 0.3) is 0 Å². The predicted molar refractivity (Wildman–Crippen MR) is 219 cm³/mol. The number of nitrogens with zero attached hydrogens (tertiary/aromatic N) is 1. The third-order valence-electron chi connectivity index (χ3n) is 10.0. The highest BCUT2D eigenvalue weighted by Gasteiger charge is 2.36. The first kappa shape index (κ1) is 47.3. The van der Waals surface area contributed by atoms with Crippen LogP contribution in [0.5, 0.6) is 0 Å². The molecular weight excluding hydrogens is 633 g/mol. The fourth-order valence-electron chi connectivity index (χ4n) is 6.66. The van der Waals surface area contributed by atoms with Crippen molar-refractivity contribution in [2.75, 3.05) is 46.1 Å². The smallest absolute Gasteiger partial charge is 0.241 e. The third-order valence-corrected chi connectivity index (χ3v) is 10.0. The molecule has 1 aliphatic heterocycles. The topological polar surface area (TPSA) is 85.0 Å². The van der Waals surface area contributed by atoms with Crippen LogP contribution in [0.3, 0.4) is 0 Å². The summed E-state index contributed by atoms with van der Waals surface area (Å²) in [5.74, 6) is 0.334. The van der Waals surface area contributed by atoms with Crippen molar-refractivity contribution in [2.45, 2.75) is 174 Å². The van der Waals surface area contributed by atoms with Crippen molar-refractivity contribution in [2.24, 2.45) is 17.6 Å². The molecule has 3 N–H and O–H groups in total. The van der Waals surface area contributed by atoms with Gasteiger partial charge >= 0.3 is 0 Å². The largest absolute Gasteiger partial charge is 0.394 e. The number of aliphatic hydroxyl groups is 1. The van der Waals surface area contributed by atoms with E-state index in [4.69, 9.17) is 15.2 Å². The van der Waals surface area contributed by atoms with Gasteiger partial charge in [0, 0.05) is 38.1 Å².